The molecule has 14 heavy (non-hydrogen) atoms. The Morgan fingerprint density at radius 2 is 2.43 bits per heavy atom. The number of rotatable bonds is 5. The predicted molar refractivity (Wildman–Crippen MR) is 52.4 cm³/mol. The van der Waals surface area contributed by atoms with E-state index >= 15 is 0 Å². The first-order valence-corrected chi connectivity index (χ1v) is 4.51. The highest BCUT2D eigenvalue weighted by Gasteiger charge is 2.00. The molecule has 1 rings (SSSR count). The Hall–Kier alpha value is -1.49. The minimum absolute atomic E-state index is 0.0185. The maximum atomic E-state index is 11.2. The highest BCUT2D eigenvalue weighted by molar-refractivity contribution is 5.75. The van der Waals surface area contributed by atoms with Crippen LogP contribution in [0.3, 0.4) is 0 Å². The van der Waals surface area contributed by atoms with Crippen molar-refractivity contribution >= 4 is 5.91 Å². The predicted octanol–water partition coefficient (Wildman–Crippen LogP) is -0.298. The quantitative estimate of drug-likeness (QED) is 0.675. The van der Waals surface area contributed by atoms with E-state index in [1.807, 2.05) is 13.1 Å². The van der Waals surface area contributed by atoms with Crippen molar-refractivity contribution < 1.29 is 4.79 Å². The van der Waals surface area contributed by atoms with Crippen molar-refractivity contribution in [1.82, 2.24) is 20.8 Å². The lowest BCUT2D eigenvalue weighted by molar-refractivity contribution is -0.121. The summed E-state index contributed by atoms with van der Waals surface area (Å²) in [5.41, 5.74) is 0.769. The van der Waals surface area contributed by atoms with Crippen LogP contribution in [0.2, 0.25) is 0 Å². The van der Waals surface area contributed by atoms with Crippen LogP contribution in [0, 0.1) is 0 Å². The molecule has 1 amide bonds. The molecule has 2 N–H and O–H groups in total. The molecule has 0 radical (unpaired) electrons. The van der Waals surface area contributed by atoms with Crippen molar-refractivity contribution in [3.8, 4) is 0 Å². The maximum Gasteiger partial charge on any atom is 0.221 e. The molecule has 0 aliphatic heterocycles. The van der Waals surface area contributed by atoms with Crippen molar-refractivity contribution in [2.24, 2.45) is 0 Å². The summed E-state index contributed by atoms with van der Waals surface area (Å²) in [6.45, 7) is 1.13. The Labute approximate surface area is 82.9 Å². The largest absolute Gasteiger partial charge is 0.350 e. The van der Waals surface area contributed by atoms with Gasteiger partial charge in [-0.05, 0) is 19.2 Å². The molecule has 0 unspecified atom stereocenters. The lowest BCUT2D eigenvalue weighted by atomic mass is 10.3. The number of nitrogens with one attached hydrogen (secondary N) is 2. The molecule has 5 heteroatoms. The standard InChI is InChI=1S/C9H14N4O/c1-10-6-4-9(14)11-7-8-3-2-5-12-13-8/h2-3,5,10H,4,6-7H2,1H3,(H,11,14). The molecule has 0 spiro atoms. The van der Waals surface area contributed by atoms with E-state index in [0.29, 0.717) is 19.5 Å². The number of hydrogen-bond acceptors (Lipinski definition) is 4. The van der Waals surface area contributed by atoms with Gasteiger partial charge in [-0.3, -0.25) is 4.79 Å². The van der Waals surface area contributed by atoms with Crippen LogP contribution >= 0.6 is 0 Å². The van der Waals surface area contributed by atoms with E-state index in [9.17, 15) is 4.79 Å². The minimum atomic E-state index is 0.0185. The first-order valence-electron chi connectivity index (χ1n) is 4.51. The van der Waals surface area contributed by atoms with Crippen molar-refractivity contribution in [1.29, 1.82) is 0 Å². The van der Waals surface area contributed by atoms with E-state index in [1.165, 1.54) is 0 Å². The molecule has 1 aromatic heterocycles. The van der Waals surface area contributed by atoms with Gasteiger partial charge in [-0.1, -0.05) is 0 Å². The van der Waals surface area contributed by atoms with E-state index in [0.717, 1.165) is 5.69 Å². The van der Waals surface area contributed by atoms with Gasteiger partial charge >= 0.3 is 0 Å². The molecule has 5 nitrogen and oxygen atoms in total. The molecular formula is C9H14N4O. The Balaban J connectivity index is 2.24. The van der Waals surface area contributed by atoms with Crippen LogP contribution in [0.25, 0.3) is 0 Å². The molecule has 0 bridgehead atoms. The fraction of sp³-hybridized carbons (Fsp3) is 0.444. The van der Waals surface area contributed by atoms with E-state index in [1.54, 1.807) is 12.3 Å². The van der Waals surface area contributed by atoms with Gasteiger partial charge in [-0.25, -0.2) is 0 Å². The van der Waals surface area contributed by atoms with Gasteiger partial charge in [-0.2, -0.15) is 10.2 Å². The molecule has 1 aromatic rings. The van der Waals surface area contributed by atoms with Crippen LogP contribution in [-0.2, 0) is 11.3 Å². The lowest BCUT2D eigenvalue weighted by Gasteiger charge is -2.03. The zero-order valence-electron chi connectivity index (χ0n) is 8.16. The SMILES string of the molecule is CNCCC(=O)NCc1cccnn1. The molecule has 1 heterocycles. The Morgan fingerprint density at radius 3 is 3.07 bits per heavy atom. The third-order valence-corrected chi connectivity index (χ3v) is 1.70. The third-order valence-electron chi connectivity index (χ3n) is 1.70. The third kappa shape index (κ3) is 3.95. The molecule has 0 aromatic carbocycles. The number of carbonyl (C=O) groups excluding carboxylic acids is 1. The van der Waals surface area contributed by atoms with Crippen LogP contribution in [0.4, 0.5) is 0 Å². The Kier molecular flexibility index (Phi) is 4.57. The summed E-state index contributed by atoms with van der Waals surface area (Å²) in [4.78, 5) is 11.2. The fourth-order valence-electron chi connectivity index (χ4n) is 0.944. The molecule has 0 saturated carbocycles. The topological polar surface area (TPSA) is 66.9 Å². The average Bonchev–Trinajstić information content (AvgIpc) is 2.25. The highest BCUT2D eigenvalue weighted by atomic mass is 16.1. The van der Waals surface area contributed by atoms with Crippen LogP contribution in [0.1, 0.15) is 12.1 Å². The van der Waals surface area contributed by atoms with Crippen molar-refractivity contribution in [2.75, 3.05) is 13.6 Å². The normalized spacial score (nSPS) is 9.79. The zero-order valence-corrected chi connectivity index (χ0v) is 8.16. The average molecular weight is 194 g/mol. The highest BCUT2D eigenvalue weighted by Crippen LogP contribution is 1.89. The van der Waals surface area contributed by atoms with Crippen LogP contribution in [-0.4, -0.2) is 29.7 Å². The van der Waals surface area contributed by atoms with Crippen molar-refractivity contribution in [3.63, 3.8) is 0 Å². The second kappa shape index (κ2) is 6.04. The summed E-state index contributed by atoms with van der Waals surface area (Å²) in [7, 11) is 1.82. The summed E-state index contributed by atoms with van der Waals surface area (Å²) in [5, 5.41) is 13.2. The number of carbonyl (C=O) groups is 1. The summed E-state index contributed by atoms with van der Waals surface area (Å²) >= 11 is 0. The molecule has 0 aliphatic rings. The van der Waals surface area contributed by atoms with Gasteiger partial charge in [0.2, 0.25) is 5.91 Å². The van der Waals surface area contributed by atoms with Crippen LogP contribution < -0.4 is 10.6 Å². The number of amides is 1. The molecule has 76 valence electrons. The molecule has 0 aliphatic carbocycles. The monoisotopic (exact) mass is 194 g/mol. The molecule has 0 atom stereocenters. The first-order chi connectivity index (χ1) is 6.83. The fourth-order valence-corrected chi connectivity index (χ4v) is 0.944. The van der Waals surface area contributed by atoms with Crippen molar-refractivity contribution in [2.45, 2.75) is 13.0 Å². The summed E-state index contributed by atoms with van der Waals surface area (Å²) in [6.07, 6.45) is 2.09. The lowest BCUT2D eigenvalue weighted by Crippen LogP contribution is -2.26. The van der Waals surface area contributed by atoms with Gasteiger partial charge < -0.3 is 10.6 Å². The van der Waals surface area contributed by atoms with E-state index in [4.69, 9.17) is 0 Å². The first kappa shape index (κ1) is 10.6. The Morgan fingerprint density at radius 1 is 1.57 bits per heavy atom. The van der Waals surface area contributed by atoms with Gasteiger partial charge in [0.25, 0.3) is 0 Å². The maximum absolute atomic E-state index is 11.2. The number of aromatic nitrogens is 2. The van der Waals surface area contributed by atoms with E-state index in [-0.39, 0.29) is 5.91 Å². The minimum Gasteiger partial charge on any atom is -0.350 e. The van der Waals surface area contributed by atoms with Gasteiger partial charge in [-0.15, -0.1) is 0 Å². The zero-order chi connectivity index (χ0) is 10.2. The molecular weight excluding hydrogens is 180 g/mol. The van der Waals surface area contributed by atoms with Crippen molar-refractivity contribution in [3.05, 3.63) is 24.0 Å². The summed E-state index contributed by atoms with van der Waals surface area (Å²) in [6, 6.07) is 3.62. The van der Waals surface area contributed by atoms with Crippen LogP contribution in [0.15, 0.2) is 18.3 Å². The molecule has 0 fully saturated rings. The van der Waals surface area contributed by atoms with Gasteiger partial charge in [0, 0.05) is 19.2 Å². The Bertz CT molecular complexity index is 275. The number of nitrogens with zero attached hydrogens (tertiary/aromatic N) is 2. The molecule has 0 saturated heterocycles. The second-order valence-corrected chi connectivity index (χ2v) is 2.85. The summed E-state index contributed by atoms with van der Waals surface area (Å²) in [5.74, 6) is 0.0185. The van der Waals surface area contributed by atoms with E-state index < -0.39 is 0 Å². The van der Waals surface area contributed by atoms with Gasteiger partial charge in [0.1, 0.15) is 0 Å². The van der Waals surface area contributed by atoms with Gasteiger partial charge in [0.15, 0.2) is 0 Å². The number of hydrogen-bond donors (Lipinski definition) is 2. The van der Waals surface area contributed by atoms with E-state index in [2.05, 4.69) is 20.8 Å². The summed E-state index contributed by atoms with van der Waals surface area (Å²) < 4.78 is 0. The van der Waals surface area contributed by atoms with Gasteiger partial charge in [0.05, 0.1) is 12.2 Å². The second-order valence-electron chi connectivity index (χ2n) is 2.85. The van der Waals surface area contributed by atoms with Crippen LogP contribution in [0.5, 0.6) is 0 Å². The smallest absolute Gasteiger partial charge is 0.221 e.